The second-order valence-electron chi connectivity index (χ2n) is 7.63. The summed E-state index contributed by atoms with van der Waals surface area (Å²) in [5.41, 5.74) is 2.34. The van der Waals surface area contributed by atoms with Gasteiger partial charge in [-0.1, -0.05) is 12.1 Å². The number of nitrogens with one attached hydrogen (secondary N) is 2. The van der Waals surface area contributed by atoms with Gasteiger partial charge in [0.15, 0.2) is 5.96 Å². The molecule has 0 aliphatic carbocycles. The van der Waals surface area contributed by atoms with E-state index < -0.39 is 0 Å². The van der Waals surface area contributed by atoms with Crippen molar-refractivity contribution in [3.05, 3.63) is 53.6 Å². The van der Waals surface area contributed by atoms with Crippen molar-refractivity contribution in [2.24, 2.45) is 4.99 Å². The molecule has 1 heterocycles. The highest BCUT2D eigenvalue weighted by atomic mass is 127. The van der Waals surface area contributed by atoms with E-state index in [1.54, 1.807) is 21.3 Å². The van der Waals surface area contributed by atoms with Crippen molar-refractivity contribution in [1.29, 1.82) is 0 Å². The zero-order valence-corrected chi connectivity index (χ0v) is 21.7. The van der Waals surface area contributed by atoms with E-state index in [2.05, 4.69) is 34.6 Å². The van der Waals surface area contributed by atoms with Crippen molar-refractivity contribution in [2.45, 2.75) is 32.5 Å². The molecular formula is C24H35IN4O3. The molecule has 1 aliphatic heterocycles. The highest BCUT2D eigenvalue weighted by Crippen LogP contribution is 2.24. The van der Waals surface area contributed by atoms with Crippen molar-refractivity contribution >= 4 is 29.9 Å². The summed E-state index contributed by atoms with van der Waals surface area (Å²) in [6.45, 7) is 6.41. The molecule has 2 aromatic carbocycles. The summed E-state index contributed by atoms with van der Waals surface area (Å²) in [7, 11) is 5.04. The average molecular weight is 554 g/mol. The smallest absolute Gasteiger partial charge is 0.191 e. The van der Waals surface area contributed by atoms with E-state index in [0.29, 0.717) is 12.6 Å². The quantitative estimate of drug-likeness (QED) is 0.280. The van der Waals surface area contributed by atoms with Gasteiger partial charge in [0.05, 0.1) is 27.9 Å². The minimum atomic E-state index is 0. The van der Waals surface area contributed by atoms with Gasteiger partial charge in [0.1, 0.15) is 17.2 Å². The van der Waals surface area contributed by atoms with Gasteiger partial charge in [-0.25, -0.2) is 4.99 Å². The Morgan fingerprint density at radius 2 is 1.62 bits per heavy atom. The third-order valence-corrected chi connectivity index (χ3v) is 5.35. The Kier molecular flexibility index (Phi) is 10.9. The topological polar surface area (TPSA) is 67.4 Å². The molecule has 0 saturated carbocycles. The molecule has 1 saturated heterocycles. The fourth-order valence-corrected chi connectivity index (χ4v) is 3.72. The molecule has 0 amide bonds. The summed E-state index contributed by atoms with van der Waals surface area (Å²) in [4.78, 5) is 7.20. The molecule has 1 fully saturated rings. The van der Waals surface area contributed by atoms with Crippen LogP contribution in [0.4, 0.5) is 0 Å². The summed E-state index contributed by atoms with van der Waals surface area (Å²) >= 11 is 0. The predicted molar refractivity (Wildman–Crippen MR) is 140 cm³/mol. The lowest BCUT2D eigenvalue weighted by molar-refractivity contribution is 0.321. The van der Waals surface area contributed by atoms with Gasteiger partial charge >= 0.3 is 0 Å². The number of aliphatic imine (C=N–C) groups is 1. The molecule has 3 rings (SSSR count). The van der Waals surface area contributed by atoms with Crippen LogP contribution in [0.2, 0.25) is 0 Å². The van der Waals surface area contributed by atoms with Crippen molar-refractivity contribution in [2.75, 3.05) is 41.0 Å². The molecule has 1 atom stereocenters. The lowest BCUT2D eigenvalue weighted by Gasteiger charge is -2.19. The molecule has 1 unspecified atom stereocenters. The molecule has 2 N–H and O–H groups in total. The number of hydrogen-bond acceptors (Lipinski definition) is 5. The van der Waals surface area contributed by atoms with E-state index in [9.17, 15) is 0 Å². The number of likely N-dealkylation sites (tertiary alicyclic amines) is 1. The van der Waals surface area contributed by atoms with Gasteiger partial charge in [-0.3, -0.25) is 4.90 Å². The summed E-state index contributed by atoms with van der Waals surface area (Å²) in [6, 6.07) is 14.4. The average Bonchev–Trinajstić information content (AvgIpc) is 3.24. The molecule has 2 aromatic rings. The third-order valence-electron chi connectivity index (χ3n) is 5.35. The highest BCUT2D eigenvalue weighted by molar-refractivity contribution is 14.0. The predicted octanol–water partition coefficient (Wildman–Crippen LogP) is 3.66. The second-order valence-corrected chi connectivity index (χ2v) is 7.63. The van der Waals surface area contributed by atoms with Crippen molar-refractivity contribution in [1.82, 2.24) is 15.5 Å². The van der Waals surface area contributed by atoms with Crippen LogP contribution in [-0.4, -0.2) is 57.9 Å². The molecule has 32 heavy (non-hydrogen) atoms. The minimum absolute atomic E-state index is 0. The first kappa shape index (κ1) is 26.1. The van der Waals surface area contributed by atoms with E-state index in [1.807, 2.05) is 30.3 Å². The standard InChI is InChI=1S/C24H34N4O3.HI/c1-5-25-24(26-15-18-6-8-21(29-2)9-7-18)27-20-10-11-28(17-20)16-19-12-22(30-3)14-23(13-19)31-4;/h6-9,12-14,20H,5,10-11,15-17H2,1-4H3,(H2,25,26,27);1H. The van der Waals surface area contributed by atoms with Gasteiger partial charge in [-0.2, -0.15) is 0 Å². The molecule has 8 heteroatoms. The van der Waals surface area contributed by atoms with Crippen molar-refractivity contribution in [3.63, 3.8) is 0 Å². The number of rotatable bonds is 9. The Bertz CT molecular complexity index is 839. The van der Waals surface area contributed by atoms with Crippen molar-refractivity contribution in [3.8, 4) is 17.2 Å². The number of halogens is 1. The fraction of sp³-hybridized carbons (Fsp3) is 0.458. The zero-order valence-electron chi connectivity index (χ0n) is 19.4. The van der Waals surface area contributed by atoms with Crippen LogP contribution < -0.4 is 24.8 Å². The van der Waals surface area contributed by atoms with Crippen molar-refractivity contribution < 1.29 is 14.2 Å². The molecule has 0 aromatic heterocycles. The Morgan fingerprint density at radius 3 is 2.22 bits per heavy atom. The lowest BCUT2D eigenvalue weighted by atomic mass is 10.2. The Labute approximate surface area is 208 Å². The minimum Gasteiger partial charge on any atom is -0.497 e. The second kappa shape index (κ2) is 13.4. The maximum absolute atomic E-state index is 5.40. The number of guanidine groups is 1. The Morgan fingerprint density at radius 1 is 0.969 bits per heavy atom. The van der Waals surface area contributed by atoms with Gasteiger partial charge in [0.25, 0.3) is 0 Å². The lowest BCUT2D eigenvalue weighted by Crippen LogP contribution is -2.44. The fourth-order valence-electron chi connectivity index (χ4n) is 3.72. The van der Waals surface area contributed by atoms with E-state index >= 15 is 0 Å². The molecule has 0 bridgehead atoms. The summed E-state index contributed by atoms with van der Waals surface area (Å²) in [5, 5.41) is 6.95. The van der Waals surface area contributed by atoms with Gasteiger partial charge in [-0.15, -0.1) is 24.0 Å². The largest absolute Gasteiger partial charge is 0.497 e. The molecular weight excluding hydrogens is 519 g/mol. The van der Waals surface area contributed by atoms with Gasteiger partial charge in [0.2, 0.25) is 0 Å². The van der Waals surface area contributed by atoms with Crippen LogP contribution in [-0.2, 0) is 13.1 Å². The highest BCUT2D eigenvalue weighted by Gasteiger charge is 2.23. The van der Waals surface area contributed by atoms with E-state index in [-0.39, 0.29) is 24.0 Å². The number of hydrogen-bond donors (Lipinski definition) is 2. The number of nitrogens with zero attached hydrogens (tertiary/aromatic N) is 2. The normalized spacial score (nSPS) is 16.2. The third kappa shape index (κ3) is 7.74. The number of methoxy groups -OCH3 is 3. The Balaban J connectivity index is 0.00000363. The Hall–Kier alpha value is -2.20. The van der Waals surface area contributed by atoms with Crippen LogP contribution in [0, 0.1) is 0 Å². The van der Waals surface area contributed by atoms with Crippen LogP contribution in [0.1, 0.15) is 24.5 Å². The SMILES string of the molecule is CCNC(=NCc1ccc(OC)cc1)NC1CCN(Cc2cc(OC)cc(OC)c2)C1.I. The maximum atomic E-state index is 5.40. The number of benzene rings is 2. The first-order valence-corrected chi connectivity index (χ1v) is 10.8. The van der Waals surface area contributed by atoms with Gasteiger partial charge in [0, 0.05) is 38.3 Å². The molecule has 176 valence electrons. The van der Waals surface area contributed by atoms with E-state index in [1.165, 1.54) is 5.56 Å². The molecule has 7 nitrogen and oxygen atoms in total. The number of ether oxygens (including phenoxy) is 3. The van der Waals surface area contributed by atoms with Crippen LogP contribution in [0.3, 0.4) is 0 Å². The maximum Gasteiger partial charge on any atom is 0.191 e. The first-order chi connectivity index (χ1) is 15.1. The van der Waals surface area contributed by atoms with Crippen LogP contribution in [0.25, 0.3) is 0 Å². The van der Waals surface area contributed by atoms with Crippen LogP contribution in [0.15, 0.2) is 47.5 Å². The summed E-state index contributed by atoms with van der Waals surface area (Å²) < 4.78 is 16.0. The van der Waals surface area contributed by atoms with Gasteiger partial charge < -0.3 is 24.8 Å². The van der Waals surface area contributed by atoms with E-state index in [4.69, 9.17) is 19.2 Å². The monoisotopic (exact) mass is 554 g/mol. The molecule has 0 radical (unpaired) electrons. The van der Waals surface area contributed by atoms with Crippen LogP contribution in [0.5, 0.6) is 17.2 Å². The van der Waals surface area contributed by atoms with Gasteiger partial charge in [-0.05, 0) is 48.7 Å². The van der Waals surface area contributed by atoms with Crippen LogP contribution >= 0.6 is 24.0 Å². The molecule has 1 aliphatic rings. The summed E-state index contributed by atoms with van der Waals surface area (Å²) in [5.74, 6) is 3.36. The first-order valence-electron chi connectivity index (χ1n) is 10.8. The zero-order chi connectivity index (χ0) is 22.1. The molecule has 0 spiro atoms. The van der Waals surface area contributed by atoms with E-state index in [0.717, 1.165) is 61.4 Å². The summed E-state index contributed by atoms with van der Waals surface area (Å²) in [6.07, 6.45) is 1.08.